The number of hydrogen-bond donors (Lipinski definition) is 3. The van der Waals surface area contributed by atoms with Crippen LogP contribution in [0.4, 0.5) is 14.9 Å². The van der Waals surface area contributed by atoms with Crippen molar-refractivity contribution in [2.24, 2.45) is 0 Å². The second-order valence-corrected chi connectivity index (χ2v) is 4.67. The molecule has 1 fully saturated rings. The zero-order valence-corrected chi connectivity index (χ0v) is 11.2. The van der Waals surface area contributed by atoms with Crippen LogP contribution < -0.4 is 10.1 Å². The molecule has 0 bridgehead atoms. The Morgan fingerprint density at radius 1 is 1.48 bits per heavy atom. The lowest BCUT2D eigenvalue weighted by molar-refractivity contribution is -0.141. The minimum absolute atomic E-state index is 0.0522. The number of carboxylic acid groups (broad SMARTS) is 1. The number of methoxy groups -OCH3 is 1. The fraction of sp³-hybridized carbons (Fsp3) is 0.385. The predicted octanol–water partition coefficient (Wildman–Crippen LogP) is 0.886. The maximum absolute atomic E-state index is 13.6. The number of nitrogens with zero attached hydrogens (tertiary/aromatic N) is 1. The normalized spacial score (nSPS) is 21.2. The number of hydrogen-bond acceptors (Lipinski definition) is 4. The summed E-state index contributed by atoms with van der Waals surface area (Å²) in [6.07, 6.45) is -0.962. The number of aliphatic carboxylic acids is 1. The van der Waals surface area contributed by atoms with Gasteiger partial charge in [0.05, 0.1) is 18.9 Å². The van der Waals surface area contributed by atoms with Crippen molar-refractivity contribution in [2.45, 2.75) is 18.6 Å². The van der Waals surface area contributed by atoms with E-state index in [0.717, 1.165) is 11.0 Å². The Kier molecular flexibility index (Phi) is 4.27. The largest absolute Gasteiger partial charge is 0.497 e. The molecule has 7 nitrogen and oxygen atoms in total. The van der Waals surface area contributed by atoms with Gasteiger partial charge in [-0.1, -0.05) is 0 Å². The van der Waals surface area contributed by atoms with E-state index in [0.29, 0.717) is 5.75 Å². The van der Waals surface area contributed by atoms with E-state index in [1.165, 1.54) is 19.2 Å². The average molecular weight is 298 g/mol. The number of ether oxygens (including phenoxy) is 1. The quantitative estimate of drug-likeness (QED) is 0.769. The number of benzene rings is 1. The van der Waals surface area contributed by atoms with Gasteiger partial charge in [-0.25, -0.2) is 14.0 Å². The fourth-order valence-electron chi connectivity index (χ4n) is 2.19. The number of rotatable bonds is 3. The van der Waals surface area contributed by atoms with Crippen molar-refractivity contribution in [3.8, 4) is 5.75 Å². The second-order valence-electron chi connectivity index (χ2n) is 4.67. The Morgan fingerprint density at radius 3 is 2.81 bits per heavy atom. The number of carbonyl (C=O) groups is 2. The molecule has 2 amide bonds. The van der Waals surface area contributed by atoms with E-state index in [-0.39, 0.29) is 18.7 Å². The van der Waals surface area contributed by atoms with Crippen LogP contribution in [0.15, 0.2) is 18.2 Å². The number of anilines is 1. The summed E-state index contributed by atoms with van der Waals surface area (Å²) < 4.78 is 18.6. The molecule has 1 aromatic carbocycles. The molecule has 0 saturated carbocycles. The number of β-amino-alcohol motifs (C(OH)–C–C–N with tert-alkyl or cyclic N) is 1. The van der Waals surface area contributed by atoms with Crippen molar-refractivity contribution in [2.75, 3.05) is 19.0 Å². The lowest BCUT2D eigenvalue weighted by Gasteiger charge is -2.21. The highest BCUT2D eigenvalue weighted by Gasteiger charge is 2.39. The Balaban J connectivity index is 2.16. The number of carbonyl (C=O) groups excluding carboxylic acids is 1. The summed E-state index contributed by atoms with van der Waals surface area (Å²) in [5, 5.41) is 20.8. The van der Waals surface area contributed by atoms with Crippen LogP contribution in [0.25, 0.3) is 0 Å². The first-order chi connectivity index (χ1) is 9.92. The molecule has 1 saturated heterocycles. The summed E-state index contributed by atoms with van der Waals surface area (Å²) in [6.45, 7) is -0.117. The van der Waals surface area contributed by atoms with Crippen LogP contribution in [0.5, 0.6) is 5.75 Å². The number of amides is 2. The molecule has 2 atom stereocenters. The standard InChI is InChI=1S/C13H15FN2O5/c1-21-8-2-3-9(14)10(5-8)15-13(20)16-6-7(17)4-11(16)12(18)19/h2-3,5,7,11,17H,4,6H2,1H3,(H,15,20)(H,18,19). The second kappa shape index (κ2) is 5.96. The summed E-state index contributed by atoms with van der Waals surface area (Å²) in [7, 11) is 1.40. The number of aliphatic hydroxyl groups is 1. The highest BCUT2D eigenvalue weighted by Crippen LogP contribution is 2.24. The molecule has 0 aromatic heterocycles. The van der Waals surface area contributed by atoms with E-state index >= 15 is 0 Å². The van der Waals surface area contributed by atoms with Gasteiger partial charge in [0, 0.05) is 19.0 Å². The van der Waals surface area contributed by atoms with Crippen molar-refractivity contribution in [3.63, 3.8) is 0 Å². The number of aliphatic hydroxyl groups excluding tert-OH is 1. The molecule has 8 heteroatoms. The van der Waals surface area contributed by atoms with Gasteiger partial charge in [-0.3, -0.25) is 0 Å². The molecule has 2 rings (SSSR count). The van der Waals surface area contributed by atoms with Crippen LogP contribution in [-0.2, 0) is 4.79 Å². The third-order valence-corrected chi connectivity index (χ3v) is 3.24. The SMILES string of the molecule is COc1ccc(F)c(NC(=O)N2CC(O)CC2C(=O)O)c1. The van der Waals surface area contributed by atoms with Gasteiger partial charge in [-0.15, -0.1) is 0 Å². The van der Waals surface area contributed by atoms with Crippen LogP contribution >= 0.6 is 0 Å². The summed E-state index contributed by atoms with van der Waals surface area (Å²) in [5.74, 6) is -1.54. The lowest BCUT2D eigenvalue weighted by atomic mass is 10.2. The Hall–Kier alpha value is -2.35. The first-order valence-electron chi connectivity index (χ1n) is 6.24. The average Bonchev–Trinajstić information content (AvgIpc) is 2.83. The van der Waals surface area contributed by atoms with Gasteiger partial charge in [-0.2, -0.15) is 0 Å². The van der Waals surface area contributed by atoms with Crippen molar-refractivity contribution < 1.29 is 28.9 Å². The monoisotopic (exact) mass is 298 g/mol. The molecule has 2 unspecified atom stereocenters. The van der Waals surface area contributed by atoms with Gasteiger partial charge in [0.15, 0.2) is 0 Å². The van der Waals surface area contributed by atoms with Crippen molar-refractivity contribution in [1.29, 1.82) is 0 Å². The third kappa shape index (κ3) is 3.22. The molecule has 21 heavy (non-hydrogen) atoms. The van der Waals surface area contributed by atoms with Gasteiger partial charge in [0.25, 0.3) is 0 Å². The van der Waals surface area contributed by atoms with Gasteiger partial charge in [0.1, 0.15) is 17.6 Å². The number of halogens is 1. The van der Waals surface area contributed by atoms with Crippen LogP contribution in [0.1, 0.15) is 6.42 Å². The molecule has 0 spiro atoms. The first kappa shape index (κ1) is 15.0. The highest BCUT2D eigenvalue weighted by atomic mass is 19.1. The molecule has 1 aromatic rings. The predicted molar refractivity (Wildman–Crippen MR) is 70.7 cm³/mol. The smallest absolute Gasteiger partial charge is 0.326 e. The lowest BCUT2D eigenvalue weighted by Crippen LogP contribution is -2.43. The fourth-order valence-corrected chi connectivity index (χ4v) is 2.19. The molecular weight excluding hydrogens is 283 g/mol. The molecule has 1 aliphatic heterocycles. The van der Waals surface area contributed by atoms with Gasteiger partial charge >= 0.3 is 12.0 Å². The van der Waals surface area contributed by atoms with E-state index in [2.05, 4.69) is 5.32 Å². The van der Waals surface area contributed by atoms with Crippen molar-refractivity contribution >= 4 is 17.7 Å². The number of nitrogens with one attached hydrogen (secondary N) is 1. The molecular formula is C13H15FN2O5. The Bertz CT molecular complexity index is 565. The number of likely N-dealkylation sites (tertiary alicyclic amines) is 1. The summed E-state index contributed by atoms with van der Waals surface area (Å²) >= 11 is 0. The van der Waals surface area contributed by atoms with E-state index < -0.39 is 30.0 Å². The number of carboxylic acids is 1. The van der Waals surface area contributed by atoms with E-state index in [1.807, 2.05) is 0 Å². The summed E-state index contributed by atoms with van der Waals surface area (Å²) in [5.41, 5.74) is -0.120. The number of urea groups is 1. The topological polar surface area (TPSA) is 99.1 Å². The van der Waals surface area contributed by atoms with Gasteiger partial charge < -0.3 is 25.2 Å². The van der Waals surface area contributed by atoms with E-state index in [9.17, 15) is 19.1 Å². The molecule has 1 aliphatic rings. The zero-order valence-electron chi connectivity index (χ0n) is 11.2. The third-order valence-electron chi connectivity index (χ3n) is 3.24. The van der Waals surface area contributed by atoms with E-state index in [4.69, 9.17) is 9.84 Å². The first-order valence-corrected chi connectivity index (χ1v) is 6.24. The molecule has 3 N–H and O–H groups in total. The molecule has 0 radical (unpaired) electrons. The van der Waals surface area contributed by atoms with E-state index in [1.54, 1.807) is 0 Å². The maximum Gasteiger partial charge on any atom is 0.326 e. The zero-order chi connectivity index (χ0) is 15.6. The van der Waals surface area contributed by atoms with Crippen LogP contribution in [0, 0.1) is 5.82 Å². The molecule has 114 valence electrons. The summed E-state index contributed by atoms with van der Waals surface area (Å²) in [4.78, 5) is 24.1. The van der Waals surface area contributed by atoms with Crippen molar-refractivity contribution in [1.82, 2.24) is 4.90 Å². The van der Waals surface area contributed by atoms with Crippen molar-refractivity contribution in [3.05, 3.63) is 24.0 Å². The minimum Gasteiger partial charge on any atom is -0.497 e. The summed E-state index contributed by atoms with van der Waals surface area (Å²) in [6, 6.07) is 1.89. The van der Waals surface area contributed by atoms with Gasteiger partial charge in [-0.05, 0) is 12.1 Å². The Labute approximate surface area is 119 Å². The molecule has 0 aliphatic carbocycles. The Morgan fingerprint density at radius 2 is 2.19 bits per heavy atom. The molecule has 1 heterocycles. The van der Waals surface area contributed by atoms with Crippen LogP contribution in [0.3, 0.4) is 0 Å². The maximum atomic E-state index is 13.6. The minimum atomic E-state index is -1.21. The van der Waals surface area contributed by atoms with Crippen LogP contribution in [0.2, 0.25) is 0 Å². The van der Waals surface area contributed by atoms with Crippen LogP contribution in [-0.4, -0.2) is 52.9 Å². The van der Waals surface area contributed by atoms with Gasteiger partial charge in [0.2, 0.25) is 0 Å². The highest BCUT2D eigenvalue weighted by molar-refractivity contribution is 5.93.